The van der Waals surface area contributed by atoms with E-state index in [0.717, 1.165) is 23.4 Å². The number of ether oxygens (including phenoxy) is 1. The van der Waals surface area contributed by atoms with Gasteiger partial charge < -0.3 is 25.7 Å². The molecule has 29 heavy (non-hydrogen) atoms. The van der Waals surface area contributed by atoms with Crippen molar-refractivity contribution in [2.24, 2.45) is 5.84 Å². The Bertz CT molecular complexity index is 957. The van der Waals surface area contributed by atoms with Gasteiger partial charge in [0.05, 0.1) is 5.69 Å². The van der Waals surface area contributed by atoms with Crippen molar-refractivity contribution < 1.29 is 4.74 Å². The zero-order chi connectivity index (χ0) is 21.0. The van der Waals surface area contributed by atoms with Gasteiger partial charge in [0.1, 0.15) is 23.6 Å². The number of hydrogen-bond donors (Lipinski definition) is 3. The highest BCUT2D eigenvalue weighted by Gasteiger charge is 2.15. The third-order valence-electron chi connectivity index (χ3n) is 4.49. The molecule has 0 aliphatic heterocycles. The van der Waals surface area contributed by atoms with Crippen LogP contribution in [-0.2, 0) is 0 Å². The molecule has 0 aliphatic carbocycles. The highest BCUT2D eigenvalue weighted by atomic mass is 16.5. The fourth-order valence-corrected chi connectivity index (χ4v) is 2.80. The smallest absolute Gasteiger partial charge is 0.227 e. The number of nitrogens with two attached hydrogens (primary N) is 2. The second kappa shape index (κ2) is 8.93. The highest BCUT2D eigenvalue weighted by Crippen LogP contribution is 2.31. The standard InChI is InChI=1S/C21H29N7O/c1-14(2)28(23)20-18(22)10-5-15-13-24-21(26-19(15)20)25-16-6-8-17(9-7-16)29-12-11-27(3)4/h5-10,13-14H,11-12,22-23H2,1-4H3,(H,24,25,26). The molecule has 0 radical (unpaired) electrons. The quantitative estimate of drug-likeness (QED) is 0.304. The van der Waals surface area contributed by atoms with Gasteiger partial charge in [-0.1, -0.05) is 0 Å². The van der Waals surface area contributed by atoms with E-state index in [1.807, 2.05) is 64.3 Å². The third-order valence-corrected chi connectivity index (χ3v) is 4.49. The van der Waals surface area contributed by atoms with Crippen LogP contribution in [0.4, 0.5) is 23.0 Å². The minimum absolute atomic E-state index is 0.0781. The molecule has 8 nitrogen and oxygen atoms in total. The average Bonchev–Trinajstić information content (AvgIpc) is 2.68. The molecule has 8 heteroatoms. The minimum Gasteiger partial charge on any atom is -0.492 e. The summed E-state index contributed by atoms with van der Waals surface area (Å²) in [6.07, 6.45) is 1.76. The molecule has 0 unspecified atom stereocenters. The van der Waals surface area contributed by atoms with E-state index in [4.69, 9.17) is 16.3 Å². The summed E-state index contributed by atoms with van der Waals surface area (Å²) in [5.74, 6) is 7.53. The predicted octanol–water partition coefficient (Wildman–Crippen LogP) is 2.98. The van der Waals surface area contributed by atoms with Crippen molar-refractivity contribution in [1.29, 1.82) is 0 Å². The fraction of sp³-hybridized carbons (Fsp3) is 0.333. The number of fused-ring (bicyclic) bond motifs is 1. The van der Waals surface area contributed by atoms with Crippen LogP contribution in [0.1, 0.15) is 13.8 Å². The first-order valence-electron chi connectivity index (χ1n) is 9.59. The summed E-state index contributed by atoms with van der Waals surface area (Å²) in [6, 6.07) is 11.5. The van der Waals surface area contributed by atoms with Gasteiger partial charge in [0.2, 0.25) is 5.95 Å². The van der Waals surface area contributed by atoms with E-state index in [0.29, 0.717) is 29.4 Å². The fourth-order valence-electron chi connectivity index (χ4n) is 2.80. The van der Waals surface area contributed by atoms with E-state index in [1.165, 1.54) is 0 Å². The van der Waals surface area contributed by atoms with Crippen LogP contribution in [0.15, 0.2) is 42.6 Å². The highest BCUT2D eigenvalue weighted by molar-refractivity contribution is 5.97. The Morgan fingerprint density at radius 3 is 2.48 bits per heavy atom. The van der Waals surface area contributed by atoms with Crippen LogP contribution in [0.3, 0.4) is 0 Å². The van der Waals surface area contributed by atoms with E-state index in [9.17, 15) is 0 Å². The van der Waals surface area contributed by atoms with Crippen molar-refractivity contribution in [3.63, 3.8) is 0 Å². The molecular weight excluding hydrogens is 366 g/mol. The number of nitrogens with zero attached hydrogens (tertiary/aromatic N) is 4. The van der Waals surface area contributed by atoms with Gasteiger partial charge in [-0.25, -0.2) is 15.8 Å². The molecule has 1 heterocycles. The maximum absolute atomic E-state index is 6.24. The summed E-state index contributed by atoms with van der Waals surface area (Å²) in [4.78, 5) is 11.2. The second-order valence-electron chi connectivity index (χ2n) is 7.44. The zero-order valence-electron chi connectivity index (χ0n) is 17.4. The number of aromatic nitrogens is 2. The van der Waals surface area contributed by atoms with E-state index in [1.54, 1.807) is 11.2 Å². The van der Waals surface area contributed by atoms with Gasteiger partial charge in [0, 0.05) is 29.9 Å². The summed E-state index contributed by atoms with van der Waals surface area (Å²) in [5, 5.41) is 5.73. The molecule has 3 rings (SSSR count). The van der Waals surface area contributed by atoms with E-state index >= 15 is 0 Å². The molecule has 0 atom stereocenters. The predicted molar refractivity (Wildman–Crippen MR) is 120 cm³/mol. The molecule has 0 amide bonds. The molecule has 0 spiro atoms. The molecule has 5 N–H and O–H groups in total. The maximum Gasteiger partial charge on any atom is 0.227 e. The lowest BCUT2D eigenvalue weighted by atomic mass is 10.1. The lowest BCUT2D eigenvalue weighted by Gasteiger charge is -2.25. The number of hydrogen-bond acceptors (Lipinski definition) is 8. The van der Waals surface area contributed by atoms with Crippen LogP contribution in [0.2, 0.25) is 0 Å². The van der Waals surface area contributed by atoms with Gasteiger partial charge in [-0.05, 0) is 64.3 Å². The van der Waals surface area contributed by atoms with Crippen LogP contribution < -0.4 is 26.6 Å². The first-order chi connectivity index (χ1) is 13.8. The molecular formula is C21H29N7O. The maximum atomic E-state index is 6.24. The monoisotopic (exact) mass is 395 g/mol. The summed E-state index contributed by atoms with van der Waals surface area (Å²) in [7, 11) is 4.04. The Morgan fingerprint density at radius 2 is 1.83 bits per heavy atom. The van der Waals surface area contributed by atoms with Gasteiger partial charge in [-0.2, -0.15) is 0 Å². The van der Waals surface area contributed by atoms with Crippen LogP contribution >= 0.6 is 0 Å². The molecule has 154 valence electrons. The summed E-state index contributed by atoms with van der Waals surface area (Å²) in [5.41, 5.74) is 9.04. The average molecular weight is 396 g/mol. The van der Waals surface area contributed by atoms with Gasteiger partial charge in [0.25, 0.3) is 0 Å². The van der Waals surface area contributed by atoms with Gasteiger partial charge in [0.15, 0.2) is 0 Å². The molecule has 0 bridgehead atoms. The molecule has 2 aromatic carbocycles. The third kappa shape index (κ3) is 5.04. The summed E-state index contributed by atoms with van der Waals surface area (Å²) >= 11 is 0. The summed E-state index contributed by atoms with van der Waals surface area (Å²) < 4.78 is 5.72. The number of nitrogen functional groups attached to an aromatic ring is 1. The van der Waals surface area contributed by atoms with Crippen LogP contribution in [0, 0.1) is 0 Å². The molecule has 1 aromatic heterocycles. The Hall–Kier alpha value is -3.10. The van der Waals surface area contributed by atoms with Gasteiger partial charge in [-0.15, -0.1) is 0 Å². The molecule has 0 saturated heterocycles. The van der Waals surface area contributed by atoms with Gasteiger partial charge >= 0.3 is 0 Å². The molecule has 0 aliphatic rings. The van der Waals surface area contributed by atoms with Crippen molar-refractivity contribution in [3.05, 3.63) is 42.6 Å². The number of hydrazine groups is 1. The van der Waals surface area contributed by atoms with Gasteiger partial charge in [-0.3, -0.25) is 0 Å². The van der Waals surface area contributed by atoms with Crippen molar-refractivity contribution in [2.75, 3.05) is 43.3 Å². The molecule has 3 aromatic rings. The van der Waals surface area contributed by atoms with Crippen molar-refractivity contribution >= 4 is 33.9 Å². The number of rotatable bonds is 8. The molecule has 0 saturated carbocycles. The minimum atomic E-state index is 0.0781. The Morgan fingerprint density at radius 1 is 1.10 bits per heavy atom. The second-order valence-corrected chi connectivity index (χ2v) is 7.44. The van der Waals surface area contributed by atoms with Crippen LogP contribution in [-0.4, -0.2) is 48.2 Å². The number of anilines is 4. The first kappa shape index (κ1) is 20.6. The molecule has 0 fully saturated rings. The van der Waals surface area contributed by atoms with Crippen molar-refractivity contribution in [2.45, 2.75) is 19.9 Å². The van der Waals surface area contributed by atoms with Crippen molar-refractivity contribution in [1.82, 2.24) is 14.9 Å². The van der Waals surface area contributed by atoms with Crippen LogP contribution in [0.25, 0.3) is 10.9 Å². The largest absolute Gasteiger partial charge is 0.492 e. The number of nitrogens with one attached hydrogen (secondary N) is 1. The lowest BCUT2D eigenvalue weighted by Crippen LogP contribution is -2.38. The Kier molecular flexibility index (Phi) is 6.36. The Labute approximate surface area is 171 Å². The van der Waals surface area contributed by atoms with E-state index in [-0.39, 0.29) is 6.04 Å². The Balaban J connectivity index is 1.81. The first-order valence-corrected chi connectivity index (χ1v) is 9.59. The van der Waals surface area contributed by atoms with E-state index in [2.05, 4.69) is 20.2 Å². The van der Waals surface area contributed by atoms with Crippen LogP contribution in [0.5, 0.6) is 5.75 Å². The normalized spacial score (nSPS) is 11.3. The number of benzene rings is 2. The SMILES string of the molecule is CC(C)N(N)c1c(N)ccc2cnc(Nc3ccc(OCCN(C)C)cc3)nc12. The lowest BCUT2D eigenvalue weighted by molar-refractivity contribution is 0.261. The summed E-state index contributed by atoms with van der Waals surface area (Å²) in [6.45, 7) is 5.51. The topological polar surface area (TPSA) is 106 Å². The van der Waals surface area contributed by atoms with Crippen molar-refractivity contribution in [3.8, 4) is 5.75 Å². The zero-order valence-corrected chi connectivity index (χ0v) is 17.4. The number of likely N-dealkylation sites (N-methyl/N-ethyl adjacent to an activating group) is 1. The van der Waals surface area contributed by atoms with E-state index < -0.39 is 0 Å².